The predicted octanol–water partition coefficient (Wildman–Crippen LogP) is 4.96. The van der Waals surface area contributed by atoms with E-state index in [2.05, 4.69) is 47.1 Å². The summed E-state index contributed by atoms with van der Waals surface area (Å²) in [4.78, 5) is 28.1. The van der Waals surface area contributed by atoms with Gasteiger partial charge in [-0.1, -0.05) is 38.3 Å². The van der Waals surface area contributed by atoms with E-state index in [9.17, 15) is 9.59 Å². The van der Waals surface area contributed by atoms with Crippen molar-refractivity contribution in [2.75, 3.05) is 53.1 Å². The van der Waals surface area contributed by atoms with Crippen LogP contribution in [0.15, 0.2) is 42.5 Å². The van der Waals surface area contributed by atoms with Gasteiger partial charge in [0.1, 0.15) is 0 Å². The molecular formula is C22H30ClN5O2S. The van der Waals surface area contributed by atoms with Crippen molar-refractivity contribution in [1.82, 2.24) is 4.90 Å². The number of hydrogen-bond acceptors (Lipinski definition) is 5. The monoisotopic (exact) mass is 463 g/mol. The zero-order chi connectivity index (χ0) is 23.0. The molecule has 0 aromatic heterocycles. The van der Waals surface area contributed by atoms with Crippen molar-refractivity contribution in [3.63, 3.8) is 0 Å². The van der Waals surface area contributed by atoms with Crippen LogP contribution < -0.4 is 19.8 Å². The van der Waals surface area contributed by atoms with E-state index >= 15 is 0 Å². The van der Waals surface area contributed by atoms with Gasteiger partial charge in [-0.05, 0) is 55.6 Å². The maximum absolute atomic E-state index is 12.6. The summed E-state index contributed by atoms with van der Waals surface area (Å²) in [5.41, 5.74) is 2.69. The summed E-state index contributed by atoms with van der Waals surface area (Å²) < 4.78 is 1.19. The highest BCUT2D eigenvalue weighted by atomic mass is 35.5. The van der Waals surface area contributed by atoms with Gasteiger partial charge in [0.2, 0.25) is 5.91 Å². The number of rotatable bonds is 9. The van der Waals surface area contributed by atoms with Crippen LogP contribution in [0.1, 0.15) is 20.8 Å². The van der Waals surface area contributed by atoms with E-state index in [1.165, 1.54) is 11.2 Å². The Balaban J connectivity index is 2.00. The molecule has 168 valence electrons. The van der Waals surface area contributed by atoms with Crippen molar-refractivity contribution in [3.8, 4) is 0 Å². The maximum atomic E-state index is 12.6. The van der Waals surface area contributed by atoms with Crippen LogP contribution in [-0.4, -0.2) is 50.1 Å². The SMILES string of the molecule is CCN(CC)CCN(C)c1ccc(NC(=O)N(S)c2ccc(NC(C)=O)cc2)cc1Cl. The number of thiol groups is 1. The molecule has 0 unspecified atom stereocenters. The molecule has 3 amide bonds. The first-order valence-corrected chi connectivity index (χ1v) is 10.9. The highest BCUT2D eigenvalue weighted by Crippen LogP contribution is 2.29. The third-order valence-electron chi connectivity index (χ3n) is 4.88. The molecule has 31 heavy (non-hydrogen) atoms. The third-order valence-corrected chi connectivity index (χ3v) is 5.60. The average molecular weight is 464 g/mol. The van der Waals surface area contributed by atoms with Gasteiger partial charge in [0.25, 0.3) is 0 Å². The smallest absolute Gasteiger partial charge is 0.336 e. The minimum absolute atomic E-state index is 0.160. The number of nitrogens with zero attached hydrogens (tertiary/aromatic N) is 3. The number of hydrogen-bond donors (Lipinski definition) is 3. The number of nitrogens with one attached hydrogen (secondary N) is 2. The molecule has 0 aliphatic heterocycles. The topological polar surface area (TPSA) is 67.9 Å². The molecule has 0 bridgehead atoms. The zero-order valence-corrected chi connectivity index (χ0v) is 20.0. The first kappa shape index (κ1) is 24.8. The van der Waals surface area contributed by atoms with Crippen LogP contribution >= 0.6 is 24.4 Å². The van der Waals surface area contributed by atoms with Crippen LogP contribution in [0, 0.1) is 0 Å². The van der Waals surface area contributed by atoms with Gasteiger partial charge in [-0.25, -0.2) is 9.10 Å². The van der Waals surface area contributed by atoms with Gasteiger partial charge in [-0.3, -0.25) is 4.79 Å². The standard InChI is InChI=1S/C22H30ClN5O2S/c1-5-27(6-2)14-13-26(4)21-12-9-18(15-20(21)23)25-22(30)28(31)19-10-7-17(8-11-19)24-16(3)29/h7-12,15,31H,5-6,13-14H2,1-4H3,(H,24,29)(H,25,30). The van der Waals surface area contributed by atoms with Gasteiger partial charge in [0.05, 0.1) is 16.4 Å². The first-order chi connectivity index (χ1) is 14.7. The summed E-state index contributed by atoms with van der Waals surface area (Å²) >= 11 is 10.8. The number of urea groups is 1. The third kappa shape index (κ3) is 7.34. The van der Waals surface area contributed by atoms with Gasteiger partial charge in [-0.2, -0.15) is 0 Å². The van der Waals surface area contributed by atoms with Crippen molar-refractivity contribution in [2.24, 2.45) is 0 Å². The number of carbonyl (C=O) groups is 2. The molecule has 0 heterocycles. The molecule has 0 fully saturated rings. The van der Waals surface area contributed by atoms with Crippen LogP contribution in [-0.2, 0) is 4.79 Å². The molecule has 2 N–H and O–H groups in total. The molecule has 0 spiro atoms. The second kappa shape index (κ2) is 11.8. The van der Waals surface area contributed by atoms with Crippen LogP contribution in [0.25, 0.3) is 0 Å². The molecule has 0 saturated carbocycles. The second-order valence-electron chi connectivity index (χ2n) is 7.08. The van der Waals surface area contributed by atoms with Crippen molar-refractivity contribution >= 4 is 59.1 Å². The molecule has 0 atom stereocenters. The molecular weight excluding hydrogens is 434 g/mol. The molecule has 0 radical (unpaired) electrons. The number of likely N-dealkylation sites (N-methyl/N-ethyl adjacent to an activating group) is 2. The van der Waals surface area contributed by atoms with Crippen LogP contribution in [0.3, 0.4) is 0 Å². The molecule has 7 nitrogen and oxygen atoms in total. The minimum atomic E-state index is -0.422. The Morgan fingerprint density at radius 1 is 0.968 bits per heavy atom. The maximum Gasteiger partial charge on any atom is 0.336 e. The Hall–Kier alpha value is -2.42. The van der Waals surface area contributed by atoms with E-state index < -0.39 is 6.03 Å². The molecule has 0 aliphatic carbocycles. The lowest BCUT2D eigenvalue weighted by molar-refractivity contribution is -0.114. The van der Waals surface area contributed by atoms with Crippen molar-refractivity contribution in [1.29, 1.82) is 0 Å². The first-order valence-electron chi connectivity index (χ1n) is 10.2. The fourth-order valence-electron chi connectivity index (χ4n) is 3.03. The summed E-state index contributed by atoms with van der Waals surface area (Å²) in [6.45, 7) is 9.57. The van der Waals surface area contributed by atoms with E-state index in [0.717, 1.165) is 31.9 Å². The molecule has 0 aliphatic rings. The van der Waals surface area contributed by atoms with Crippen molar-refractivity contribution in [2.45, 2.75) is 20.8 Å². The lowest BCUT2D eigenvalue weighted by atomic mass is 10.2. The summed E-state index contributed by atoms with van der Waals surface area (Å²) in [7, 11) is 2.00. The van der Waals surface area contributed by atoms with Gasteiger partial charge < -0.3 is 20.4 Å². The number of benzene rings is 2. The Morgan fingerprint density at radius 3 is 2.13 bits per heavy atom. The average Bonchev–Trinajstić information content (AvgIpc) is 2.74. The fraction of sp³-hybridized carbons (Fsp3) is 0.364. The lowest BCUT2D eigenvalue weighted by Gasteiger charge is -2.25. The Labute approximate surface area is 194 Å². The van der Waals surface area contributed by atoms with Crippen LogP contribution in [0.4, 0.5) is 27.5 Å². The second-order valence-corrected chi connectivity index (χ2v) is 7.89. The van der Waals surface area contributed by atoms with Gasteiger partial charge in [-0.15, -0.1) is 0 Å². The van der Waals surface area contributed by atoms with Gasteiger partial charge in [0, 0.05) is 38.4 Å². The predicted molar refractivity (Wildman–Crippen MR) is 134 cm³/mol. The normalized spacial score (nSPS) is 10.7. The number of anilines is 4. The molecule has 2 aromatic rings. The molecule has 9 heteroatoms. The summed E-state index contributed by atoms with van der Waals surface area (Å²) in [6.07, 6.45) is 0. The van der Waals surface area contributed by atoms with Crippen molar-refractivity contribution in [3.05, 3.63) is 47.5 Å². The minimum Gasteiger partial charge on any atom is -0.372 e. The summed E-state index contributed by atoms with van der Waals surface area (Å²) in [5, 5.41) is 6.03. The van der Waals surface area contributed by atoms with E-state index in [1.807, 2.05) is 19.2 Å². The number of amides is 3. The Kier molecular flexibility index (Phi) is 9.48. The summed E-state index contributed by atoms with van der Waals surface area (Å²) in [6, 6.07) is 11.8. The number of halogens is 1. The van der Waals surface area contributed by atoms with E-state index in [-0.39, 0.29) is 5.91 Å². The van der Waals surface area contributed by atoms with Crippen molar-refractivity contribution < 1.29 is 9.59 Å². The quantitative estimate of drug-likeness (QED) is 0.460. The van der Waals surface area contributed by atoms with Gasteiger partial charge >= 0.3 is 6.03 Å². The highest BCUT2D eigenvalue weighted by molar-refractivity contribution is 7.82. The van der Waals surface area contributed by atoms with E-state index in [1.54, 1.807) is 30.3 Å². The number of carbonyl (C=O) groups excluding carboxylic acids is 2. The van der Waals surface area contributed by atoms with E-state index in [4.69, 9.17) is 11.6 Å². The van der Waals surface area contributed by atoms with Crippen LogP contribution in [0.2, 0.25) is 5.02 Å². The molecule has 0 saturated heterocycles. The molecule has 2 rings (SSSR count). The largest absolute Gasteiger partial charge is 0.372 e. The Bertz CT molecular complexity index is 890. The Morgan fingerprint density at radius 2 is 1.58 bits per heavy atom. The fourth-order valence-corrected chi connectivity index (χ4v) is 3.54. The molecule has 2 aromatic carbocycles. The zero-order valence-electron chi connectivity index (χ0n) is 18.4. The van der Waals surface area contributed by atoms with Gasteiger partial charge in [0.15, 0.2) is 0 Å². The van der Waals surface area contributed by atoms with Crippen LogP contribution in [0.5, 0.6) is 0 Å². The van der Waals surface area contributed by atoms with E-state index in [0.29, 0.717) is 22.1 Å². The lowest BCUT2D eigenvalue weighted by Crippen LogP contribution is -2.33. The highest BCUT2D eigenvalue weighted by Gasteiger charge is 2.14. The summed E-state index contributed by atoms with van der Waals surface area (Å²) in [5.74, 6) is -0.160.